The first-order chi connectivity index (χ1) is 16.9. The summed E-state index contributed by atoms with van der Waals surface area (Å²) >= 11 is 0. The van der Waals surface area contributed by atoms with E-state index in [2.05, 4.69) is 5.32 Å². The van der Waals surface area contributed by atoms with Gasteiger partial charge in [0, 0.05) is 17.3 Å². The van der Waals surface area contributed by atoms with Gasteiger partial charge in [-0.3, -0.25) is 14.5 Å². The lowest BCUT2D eigenvalue weighted by Gasteiger charge is -2.33. The van der Waals surface area contributed by atoms with Gasteiger partial charge < -0.3 is 19.2 Å². The number of ether oxygens (including phenoxy) is 2. The number of nitrogens with zero attached hydrogens (tertiary/aromatic N) is 1. The molecule has 3 aromatic rings. The Morgan fingerprint density at radius 1 is 1.03 bits per heavy atom. The molecule has 0 unspecified atom stereocenters. The summed E-state index contributed by atoms with van der Waals surface area (Å²) in [6, 6.07) is 13.5. The maximum absolute atomic E-state index is 14.0. The minimum Gasteiger partial charge on any atom is -0.493 e. The van der Waals surface area contributed by atoms with Crippen LogP contribution in [0.5, 0.6) is 11.5 Å². The third-order valence-electron chi connectivity index (χ3n) is 6.50. The van der Waals surface area contributed by atoms with Crippen LogP contribution in [0.15, 0.2) is 59.2 Å². The Morgan fingerprint density at radius 3 is 2.43 bits per heavy atom. The van der Waals surface area contributed by atoms with Gasteiger partial charge >= 0.3 is 0 Å². The Labute approximate surface area is 206 Å². The highest BCUT2D eigenvalue weighted by Crippen LogP contribution is 2.40. The minimum absolute atomic E-state index is 0.0706. The number of anilines is 1. The second-order valence-electron chi connectivity index (χ2n) is 8.92. The van der Waals surface area contributed by atoms with Crippen LogP contribution in [0.3, 0.4) is 0 Å². The maximum atomic E-state index is 14.0. The first kappa shape index (κ1) is 24.4. The average Bonchev–Trinajstić information content (AvgIpc) is 3.57. The van der Waals surface area contributed by atoms with Crippen molar-refractivity contribution >= 4 is 17.5 Å². The van der Waals surface area contributed by atoms with E-state index in [-0.39, 0.29) is 17.7 Å². The van der Waals surface area contributed by atoms with E-state index in [1.165, 1.54) is 18.3 Å². The van der Waals surface area contributed by atoms with E-state index in [1.54, 1.807) is 37.4 Å². The number of carbonyl (C=O) groups excluding carboxylic acids is 2. The lowest BCUT2D eigenvalue weighted by molar-refractivity contribution is -0.123. The molecule has 0 aliphatic heterocycles. The number of nitrogens with one attached hydrogen (secondary N) is 1. The number of para-hydroxylation sites is 1. The molecule has 2 amide bonds. The van der Waals surface area contributed by atoms with E-state index in [0.717, 1.165) is 36.8 Å². The van der Waals surface area contributed by atoms with E-state index in [9.17, 15) is 9.59 Å². The minimum atomic E-state index is -1.01. The van der Waals surface area contributed by atoms with Crippen molar-refractivity contribution in [3.05, 3.63) is 77.2 Å². The zero-order valence-electron chi connectivity index (χ0n) is 20.7. The highest BCUT2D eigenvalue weighted by Gasteiger charge is 2.38. The molecule has 2 aromatic carbocycles. The van der Waals surface area contributed by atoms with E-state index in [1.807, 2.05) is 32.0 Å². The highest BCUT2D eigenvalue weighted by atomic mass is 16.5. The molecular weight excluding hydrogens is 444 g/mol. The summed E-state index contributed by atoms with van der Waals surface area (Å²) in [6.45, 7) is 3.92. The molecule has 35 heavy (non-hydrogen) atoms. The van der Waals surface area contributed by atoms with Crippen LogP contribution in [0.1, 0.15) is 59.0 Å². The topological polar surface area (TPSA) is 81.0 Å². The molecule has 0 radical (unpaired) electrons. The van der Waals surface area contributed by atoms with Gasteiger partial charge in [-0.1, -0.05) is 42.7 Å². The second-order valence-corrected chi connectivity index (χ2v) is 8.92. The van der Waals surface area contributed by atoms with Gasteiger partial charge in [-0.2, -0.15) is 0 Å². The summed E-state index contributed by atoms with van der Waals surface area (Å²) in [6.07, 6.45) is 5.44. The van der Waals surface area contributed by atoms with Crippen LogP contribution in [0.4, 0.5) is 5.69 Å². The molecule has 4 rings (SSSR count). The monoisotopic (exact) mass is 476 g/mol. The van der Waals surface area contributed by atoms with Crippen molar-refractivity contribution in [3.63, 3.8) is 0 Å². The number of amides is 2. The molecule has 0 bridgehead atoms. The molecule has 0 saturated heterocycles. The zero-order chi connectivity index (χ0) is 24.9. The zero-order valence-corrected chi connectivity index (χ0v) is 20.7. The van der Waals surface area contributed by atoms with E-state index in [4.69, 9.17) is 13.9 Å². The Morgan fingerprint density at radius 2 is 1.80 bits per heavy atom. The van der Waals surface area contributed by atoms with Gasteiger partial charge in [0.2, 0.25) is 5.91 Å². The van der Waals surface area contributed by atoms with Gasteiger partial charge in [0.25, 0.3) is 5.91 Å². The van der Waals surface area contributed by atoms with Crippen molar-refractivity contribution < 1.29 is 23.5 Å². The molecule has 1 saturated carbocycles. The summed E-state index contributed by atoms with van der Waals surface area (Å²) in [5, 5.41) is 3.19. The largest absolute Gasteiger partial charge is 0.493 e. The first-order valence-electron chi connectivity index (χ1n) is 11.9. The lowest BCUT2D eigenvalue weighted by Crippen LogP contribution is -2.46. The molecule has 1 aliphatic carbocycles. The van der Waals surface area contributed by atoms with Crippen LogP contribution in [0.2, 0.25) is 0 Å². The normalized spacial score (nSPS) is 14.4. The van der Waals surface area contributed by atoms with Crippen molar-refractivity contribution in [3.8, 4) is 11.5 Å². The quantitative estimate of drug-likeness (QED) is 0.473. The van der Waals surface area contributed by atoms with Crippen molar-refractivity contribution in [2.45, 2.75) is 51.6 Å². The molecule has 184 valence electrons. The molecule has 1 aromatic heterocycles. The van der Waals surface area contributed by atoms with Crippen LogP contribution in [-0.4, -0.2) is 32.1 Å². The van der Waals surface area contributed by atoms with E-state index < -0.39 is 11.9 Å². The number of rotatable bonds is 8. The molecule has 0 spiro atoms. The maximum Gasteiger partial charge on any atom is 0.294 e. The highest BCUT2D eigenvalue weighted by molar-refractivity contribution is 6.09. The number of hydrogen-bond acceptors (Lipinski definition) is 5. The molecule has 1 fully saturated rings. The molecule has 1 atom stereocenters. The Hall–Kier alpha value is -3.74. The fraction of sp³-hybridized carbons (Fsp3) is 0.357. The SMILES string of the molecule is COc1cccc([C@@H](C(=O)NC2CCCC2)N(C(=O)c2ccco2)c2ccc(C)cc2C)c1OC. The summed E-state index contributed by atoms with van der Waals surface area (Å²) in [7, 11) is 3.08. The van der Waals surface area contributed by atoms with Gasteiger partial charge in [-0.25, -0.2) is 0 Å². The third kappa shape index (κ3) is 5.04. The van der Waals surface area contributed by atoms with Gasteiger partial charge in [0.15, 0.2) is 17.3 Å². The Balaban J connectivity index is 1.92. The predicted octanol–water partition coefficient (Wildman–Crippen LogP) is 5.36. The number of aryl methyl sites for hydroxylation is 2. The Kier molecular flexibility index (Phi) is 7.44. The predicted molar refractivity (Wildman–Crippen MR) is 134 cm³/mol. The summed E-state index contributed by atoms with van der Waals surface area (Å²) in [5.74, 6) is 0.338. The molecule has 1 aliphatic rings. The number of carbonyl (C=O) groups is 2. The van der Waals surface area contributed by atoms with Crippen LogP contribution in [0.25, 0.3) is 0 Å². The Bertz CT molecular complexity index is 1180. The number of methoxy groups -OCH3 is 2. The fourth-order valence-corrected chi connectivity index (χ4v) is 4.84. The third-order valence-corrected chi connectivity index (χ3v) is 6.50. The molecule has 7 heteroatoms. The van der Waals surface area contributed by atoms with Crippen LogP contribution >= 0.6 is 0 Å². The summed E-state index contributed by atoms with van der Waals surface area (Å²) in [4.78, 5) is 29.4. The lowest BCUT2D eigenvalue weighted by atomic mass is 9.98. The number of furan rings is 1. The van der Waals surface area contributed by atoms with Crippen molar-refractivity contribution in [1.29, 1.82) is 0 Å². The summed E-state index contributed by atoms with van der Waals surface area (Å²) in [5.41, 5.74) is 3.07. The van der Waals surface area contributed by atoms with Gasteiger partial charge in [0.05, 0.1) is 20.5 Å². The van der Waals surface area contributed by atoms with Crippen LogP contribution < -0.4 is 19.7 Å². The van der Waals surface area contributed by atoms with E-state index >= 15 is 0 Å². The first-order valence-corrected chi connectivity index (χ1v) is 11.9. The number of hydrogen-bond donors (Lipinski definition) is 1. The molecular formula is C28H32N2O5. The fourth-order valence-electron chi connectivity index (χ4n) is 4.84. The smallest absolute Gasteiger partial charge is 0.294 e. The van der Waals surface area contributed by atoms with Crippen molar-refractivity contribution in [2.75, 3.05) is 19.1 Å². The standard InChI is InChI=1S/C28H32N2O5/c1-18-14-15-22(19(2)17-18)30(28(32)24-13-8-16-35-24)25(27(31)29-20-9-5-6-10-20)21-11-7-12-23(33-3)26(21)34-4/h7-8,11-17,20,25H,5-6,9-10H2,1-4H3,(H,29,31)/t25-/m0/s1. The van der Waals surface area contributed by atoms with Gasteiger partial charge in [-0.15, -0.1) is 0 Å². The van der Waals surface area contributed by atoms with Crippen molar-refractivity contribution in [1.82, 2.24) is 5.32 Å². The average molecular weight is 477 g/mol. The van der Waals surface area contributed by atoms with Gasteiger partial charge in [0.1, 0.15) is 6.04 Å². The van der Waals surface area contributed by atoms with Gasteiger partial charge in [-0.05, 0) is 56.5 Å². The summed E-state index contributed by atoms with van der Waals surface area (Å²) < 4.78 is 16.7. The van der Waals surface area contributed by atoms with E-state index in [0.29, 0.717) is 22.7 Å². The molecule has 1 heterocycles. The molecule has 1 N–H and O–H groups in total. The second kappa shape index (κ2) is 10.7. The van der Waals surface area contributed by atoms with Crippen molar-refractivity contribution in [2.24, 2.45) is 0 Å². The number of benzene rings is 2. The van der Waals surface area contributed by atoms with Crippen LogP contribution in [0, 0.1) is 13.8 Å². The molecule has 7 nitrogen and oxygen atoms in total. The van der Waals surface area contributed by atoms with Crippen LogP contribution in [-0.2, 0) is 4.79 Å².